The van der Waals surface area contributed by atoms with E-state index in [0.29, 0.717) is 11.4 Å². The Balaban J connectivity index is 1.87. The lowest BCUT2D eigenvalue weighted by Gasteiger charge is -2.02. The molecule has 0 saturated carbocycles. The predicted octanol–water partition coefficient (Wildman–Crippen LogP) is -1.47. The molecule has 6 N–H and O–H groups in total. The van der Waals surface area contributed by atoms with Gasteiger partial charge in [0.25, 0.3) is 11.5 Å². The second kappa shape index (κ2) is 5.01. The van der Waals surface area contributed by atoms with Gasteiger partial charge in [-0.05, 0) is 0 Å². The highest BCUT2D eigenvalue weighted by molar-refractivity contribution is 6.04. The molecule has 3 rings (SSSR count). The largest absolute Gasteiger partial charge is 0.494 e. The van der Waals surface area contributed by atoms with Gasteiger partial charge >= 0.3 is 5.69 Å². The second-order valence-corrected chi connectivity index (χ2v) is 4.09. The molecule has 3 heterocycles. The third-order valence-electron chi connectivity index (χ3n) is 2.65. The van der Waals surface area contributed by atoms with Crippen molar-refractivity contribution in [2.24, 2.45) is 0 Å². The Kier molecular flexibility index (Phi) is 3.02. The molecule has 3 aromatic rings. The fourth-order valence-electron chi connectivity index (χ4n) is 1.70. The zero-order chi connectivity index (χ0) is 15.7. The van der Waals surface area contributed by atoms with Gasteiger partial charge in [-0.2, -0.15) is 15.4 Å². The van der Waals surface area contributed by atoms with E-state index in [2.05, 4.69) is 30.7 Å². The Morgan fingerprint density at radius 3 is 2.68 bits per heavy atom. The normalized spacial score (nSPS) is 10.5. The average Bonchev–Trinajstić information content (AvgIpc) is 3.07. The van der Waals surface area contributed by atoms with Crippen LogP contribution in [0.4, 0.5) is 5.95 Å². The molecule has 0 saturated heterocycles. The van der Waals surface area contributed by atoms with Crippen LogP contribution in [0.3, 0.4) is 0 Å². The van der Waals surface area contributed by atoms with Gasteiger partial charge in [0.1, 0.15) is 5.69 Å². The lowest BCUT2D eigenvalue weighted by molar-refractivity contribution is 0.102. The summed E-state index contributed by atoms with van der Waals surface area (Å²) < 4.78 is 0. The maximum atomic E-state index is 12.0. The van der Waals surface area contributed by atoms with Gasteiger partial charge in [-0.15, -0.1) is 0 Å². The van der Waals surface area contributed by atoms with Crippen LogP contribution in [0, 0.1) is 0 Å². The fourth-order valence-corrected chi connectivity index (χ4v) is 1.70. The predicted molar refractivity (Wildman–Crippen MR) is 71.3 cm³/mol. The van der Waals surface area contributed by atoms with Crippen molar-refractivity contribution in [3.05, 3.63) is 38.8 Å². The van der Waals surface area contributed by atoms with Crippen LogP contribution in [0.15, 0.2) is 22.0 Å². The number of carbonyl (C=O) groups excluding carboxylic acids is 1. The van der Waals surface area contributed by atoms with Crippen LogP contribution >= 0.6 is 0 Å². The lowest BCUT2D eigenvalue weighted by atomic mass is 10.3. The number of nitrogens with one attached hydrogen (secondary N) is 5. The summed E-state index contributed by atoms with van der Waals surface area (Å²) in [6, 6.07) is 0. The number of amides is 1. The van der Waals surface area contributed by atoms with Crippen molar-refractivity contribution >= 4 is 11.9 Å². The number of anilines is 1. The summed E-state index contributed by atoms with van der Waals surface area (Å²) in [4.78, 5) is 44.8. The van der Waals surface area contributed by atoms with Crippen LogP contribution in [-0.4, -0.2) is 46.4 Å². The molecule has 0 aromatic carbocycles. The summed E-state index contributed by atoms with van der Waals surface area (Å²) in [5.41, 5.74) is -1.65. The van der Waals surface area contributed by atoms with Gasteiger partial charge < -0.3 is 10.1 Å². The van der Waals surface area contributed by atoms with Crippen molar-refractivity contribution in [1.82, 2.24) is 35.3 Å². The minimum absolute atomic E-state index is 0.0213. The molecule has 112 valence electrons. The first-order valence-electron chi connectivity index (χ1n) is 5.82. The molecule has 12 heteroatoms. The molecule has 0 aliphatic rings. The Hall–Kier alpha value is -3.70. The van der Waals surface area contributed by atoms with Crippen LogP contribution < -0.4 is 16.6 Å². The molecular formula is C10H8N8O4. The Morgan fingerprint density at radius 2 is 2.00 bits per heavy atom. The van der Waals surface area contributed by atoms with Gasteiger partial charge in [0.2, 0.25) is 11.8 Å². The molecule has 1 amide bonds. The van der Waals surface area contributed by atoms with E-state index in [1.807, 2.05) is 9.97 Å². The molecule has 22 heavy (non-hydrogen) atoms. The van der Waals surface area contributed by atoms with Gasteiger partial charge in [0, 0.05) is 0 Å². The van der Waals surface area contributed by atoms with Crippen molar-refractivity contribution in [3.63, 3.8) is 0 Å². The number of aromatic hydroxyl groups is 1. The highest BCUT2D eigenvalue weighted by atomic mass is 16.3. The number of imidazole rings is 1. The number of aromatic amines is 4. The van der Waals surface area contributed by atoms with Crippen LogP contribution in [0.5, 0.6) is 5.88 Å². The van der Waals surface area contributed by atoms with Crippen molar-refractivity contribution in [1.29, 1.82) is 0 Å². The molecular weight excluding hydrogens is 296 g/mol. The van der Waals surface area contributed by atoms with E-state index in [1.165, 1.54) is 12.4 Å². The maximum Gasteiger partial charge on any atom is 0.328 e. The molecule has 3 aromatic heterocycles. The summed E-state index contributed by atoms with van der Waals surface area (Å²) in [5.74, 6) is -1.77. The standard InChI is InChI=1S/C10H8N8O4/c19-6(5-7(20)15-10(22)16-8(5)21)14-9-11-1-3(13-9)4-2-12-18-17-4/h1-2H,(H,12,17,18)(H2,11,13,14,19)(H3,15,16,20,21,22). The van der Waals surface area contributed by atoms with Gasteiger partial charge in [-0.1, -0.05) is 0 Å². The molecule has 0 radical (unpaired) electrons. The number of nitrogens with zero attached hydrogens (tertiary/aromatic N) is 3. The molecule has 0 bridgehead atoms. The van der Waals surface area contributed by atoms with Crippen molar-refractivity contribution in [3.8, 4) is 17.3 Å². The van der Waals surface area contributed by atoms with Crippen LogP contribution in [0.1, 0.15) is 10.4 Å². The topological polar surface area (TPSA) is 185 Å². The molecule has 0 aliphatic heterocycles. The molecule has 0 fully saturated rings. The fraction of sp³-hybridized carbons (Fsp3) is 0. The van der Waals surface area contributed by atoms with E-state index in [0.717, 1.165) is 0 Å². The number of H-pyrrole nitrogens is 4. The minimum atomic E-state index is -1.03. The summed E-state index contributed by atoms with van der Waals surface area (Å²) in [7, 11) is 0. The van der Waals surface area contributed by atoms with E-state index in [4.69, 9.17) is 0 Å². The third-order valence-corrected chi connectivity index (χ3v) is 2.65. The van der Waals surface area contributed by atoms with Gasteiger partial charge in [-0.25, -0.2) is 9.78 Å². The molecule has 0 spiro atoms. The summed E-state index contributed by atoms with van der Waals surface area (Å²) in [6.45, 7) is 0. The van der Waals surface area contributed by atoms with E-state index >= 15 is 0 Å². The van der Waals surface area contributed by atoms with Crippen LogP contribution in [-0.2, 0) is 0 Å². The first-order chi connectivity index (χ1) is 10.5. The van der Waals surface area contributed by atoms with Gasteiger partial charge in [0.15, 0.2) is 5.56 Å². The van der Waals surface area contributed by atoms with Crippen molar-refractivity contribution in [2.45, 2.75) is 0 Å². The van der Waals surface area contributed by atoms with E-state index in [-0.39, 0.29) is 5.95 Å². The summed E-state index contributed by atoms with van der Waals surface area (Å²) in [6.07, 6.45) is 2.84. The Morgan fingerprint density at radius 1 is 1.18 bits per heavy atom. The lowest BCUT2D eigenvalue weighted by Crippen LogP contribution is -2.30. The highest BCUT2D eigenvalue weighted by Gasteiger charge is 2.19. The van der Waals surface area contributed by atoms with Crippen molar-refractivity contribution < 1.29 is 9.90 Å². The SMILES string of the molecule is O=C(Nc1ncc(-c2cn[nH]n2)[nH]1)c1c(O)[nH]c(=O)[nH]c1=O. The van der Waals surface area contributed by atoms with E-state index in [1.54, 1.807) is 0 Å². The molecule has 12 nitrogen and oxygen atoms in total. The van der Waals surface area contributed by atoms with Gasteiger partial charge in [-0.3, -0.25) is 24.9 Å². The average molecular weight is 304 g/mol. The molecule has 0 unspecified atom stereocenters. The summed E-state index contributed by atoms with van der Waals surface area (Å²) in [5, 5.41) is 21.6. The third kappa shape index (κ3) is 2.35. The van der Waals surface area contributed by atoms with Gasteiger partial charge in [0.05, 0.1) is 18.1 Å². The quantitative estimate of drug-likeness (QED) is 0.341. The van der Waals surface area contributed by atoms with Crippen LogP contribution in [0.25, 0.3) is 11.4 Å². The number of hydrogen-bond donors (Lipinski definition) is 6. The first-order valence-corrected chi connectivity index (χ1v) is 5.82. The van der Waals surface area contributed by atoms with E-state index < -0.39 is 28.6 Å². The highest BCUT2D eigenvalue weighted by Crippen LogP contribution is 2.15. The second-order valence-electron chi connectivity index (χ2n) is 4.09. The maximum absolute atomic E-state index is 12.0. The molecule has 0 atom stereocenters. The minimum Gasteiger partial charge on any atom is -0.494 e. The zero-order valence-corrected chi connectivity index (χ0v) is 10.7. The Bertz CT molecular complexity index is 934. The Labute approximate surface area is 119 Å². The number of aromatic nitrogens is 7. The number of rotatable bonds is 3. The van der Waals surface area contributed by atoms with E-state index in [9.17, 15) is 19.5 Å². The summed E-state index contributed by atoms with van der Waals surface area (Å²) >= 11 is 0. The monoisotopic (exact) mass is 304 g/mol. The molecule has 0 aliphatic carbocycles. The number of hydrogen-bond acceptors (Lipinski definition) is 7. The van der Waals surface area contributed by atoms with Crippen molar-refractivity contribution in [2.75, 3.05) is 5.32 Å². The smallest absolute Gasteiger partial charge is 0.328 e. The zero-order valence-electron chi connectivity index (χ0n) is 10.7. The van der Waals surface area contributed by atoms with Crippen LogP contribution in [0.2, 0.25) is 0 Å². The first kappa shape index (κ1) is 13.3. The number of carbonyl (C=O) groups is 1.